The molecule has 2 atom stereocenters. The Labute approximate surface area is 196 Å². The van der Waals surface area contributed by atoms with Gasteiger partial charge in [-0.3, -0.25) is 4.90 Å². The van der Waals surface area contributed by atoms with Crippen molar-refractivity contribution in [2.45, 2.75) is 41.1 Å². The summed E-state index contributed by atoms with van der Waals surface area (Å²) in [4.78, 5) is 10.5. The lowest BCUT2D eigenvalue weighted by atomic mass is 10.1. The Bertz CT molecular complexity index is 854. The normalized spacial score (nSPS) is 22.5. The number of halogens is 2. The number of methoxy groups -OCH3 is 1. The van der Waals surface area contributed by atoms with Gasteiger partial charge < -0.3 is 14.5 Å². The lowest BCUT2D eigenvalue weighted by Gasteiger charge is -2.39. The van der Waals surface area contributed by atoms with E-state index in [9.17, 15) is 0 Å². The Morgan fingerprint density at radius 2 is 1.63 bits per heavy atom. The molecule has 0 aromatic heterocycles. The Morgan fingerprint density at radius 1 is 0.933 bits per heavy atom. The first-order valence-corrected chi connectivity index (χ1v) is 11.2. The maximum atomic E-state index is 5.51. The molecule has 2 bridgehead atoms. The lowest BCUT2D eigenvalue weighted by molar-refractivity contribution is 0.0884. The monoisotopic (exact) mass is 467 g/mol. The lowest BCUT2D eigenvalue weighted by Crippen LogP contribution is -2.52. The van der Waals surface area contributed by atoms with Crippen LogP contribution in [0.15, 0.2) is 52.3 Å². The van der Waals surface area contributed by atoms with Crippen LogP contribution in [0.1, 0.15) is 19.3 Å². The molecular formula is C23H31Cl2N3OS. The molecule has 2 aromatic rings. The van der Waals surface area contributed by atoms with E-state index < -0.39 is 0 Å². The molecule has 5 rings (SSSR count). The van der Waals surface area contributed by atoms with Gasteiger partial charge in [0.15, 0.2) is 0 Å². The highest BCUT2D eigenvalue weighted by Crippen LogP contribution is 2.49. The van der Waals surface area contributed by atoms with E-state index in [0.29, 0.717) is 0 Å². The second-order valence-electron chi connectivity index (χ2n) is 8.22. The summed E-state index contributed by atoms with van der Waals surface area (Å²) in [5, 5.41) is 0. The van der Waals surface area contributed by atoms with E-state index in [2.05, 4.69) is 64.2 Å². The number of rotatable bonds is 5. The minimum Gasteiger partial charge on any atom is -0.497 e. The van der Waals surface area contributed by atoms with Gasteiger partial charge in [-0.15, -0.1) is 24.8 Å². The van der Waals surface area contributed by atoms with Gasteiger partial charge in [-0.1, -0.05) is 23.9 Å². The van der Waals surface area contributed by atoms with Gasteiger partial charge in [0.1, 0.15) is 5.75 Å². The largest absolute Gasteiger partial charge is 0.497 e. The van der Waals surface area contributed by atoms with Crippen molar-refractivity contribution in [3.05, 3.63) is 42.5 Å². The van der Waals surface area contributed by atoms with E-state index in [4.69, 9.17) is 4.74 Å². The van der Waals surface area contributed by atoms with Crippen LogP contribution in [-0.2, 0) is 0 Å². The second-order valence-corrected chi connectivity index (χ2v) is 9.30. The van der Waals surface area contributed by atoms with Gasteiger partial charge in [0, 0.05) is 47.6 Å². The summed E-state index contributed by atoms with van der Waals surface area (Å²) in [6, 6.07) is 16.8. The van der Waals surface area contributed by atoms with Crippen molar-refractivity contribution in [2.24, 2.45) is 0 Å². The number of hydrogen-bond acceptors (Lipinski definition) is 5. The zero-order valence-corrected chi connectivity index (χ0v) is 20.1. The summed E-state index contributed by atoms with van der Waals surface area (Å²) in [5.41, 5.74) is 2.60. The van der Waals surface area contributed by atoms with Crippen LogP contribution in [0.2, 0.25) is 0 Å². The maximum Gasteiger partial charge on any atom is 0.121 e. The number of benzene rings is 2. The maximum absolute atomic E-state index is 5.51. The number of fused-ring (bicyclic) bond motifs is 4. The summed E-state index contributed by atoms with van der Waals surface area (Å²) in [6.07, 6.45) is 3.93. The van der Waals surface area contributed by atoms with E-state index in [1.165, 1.54) is 60.1 Å². The van der Waals surface area contributed by atoms with Crippen LogP contribution < -0.4 is 9.64 Å². The van der Waals surface area contributed by atoms with Crippen molar-refractivity contribution in [3.8, 4) is 5.75 Å². The molecule has 3 heterocycles. The number of nitrogens with zero attached hydrogens (tertiary/aromatic N) is 3. The topological polar surface area (TPSA) is 19.0 Å². The molecule has 3 aliphatic heterocycles. The molecule has 164 valence electrons. The predicted octanol–water partition coefficient (Wildman–Crippen LogP) is 5.31. The molecule has 0 N–H and O–H groups in total. The average Bonchev–Trinajstić information content (AvgIpc) is 2.93. The SMILES string of the molecule is COc1ccc2c(c1)N(CCCN1CC3CCC(C1)N3C)c1ccccc1S2.Cl.Cl. The number of para-hydroxylation sites is 1. The van der Waals surface area contributed by atoms with Crippen LogP contribution in [-0.4, -0.2) is 62.2 Å². The molecule has 2 unspecified atom stereocenters. The fourth-order valence-electron chi connectivity index (χ4n) is 5.01. The minimum absolute atomic E-state index is 0. The fraction of sp³-hybridized carbons (Fsp3) is 0.478. The zero-order valence-electron chi connectivity index (χ0n) is 17.6. The molecule has 3 aliphatic rings. The van der Waals surface area contributed by atoms with Gasteiger partial charge in [0.2, 0.25) is 0 Å². The molecule has 2 saturated heterocycles. The molecular weight excluding hydrogens is 437 g/mol. The molecule has 2 aromatic carbocycles. The Balaban J connectivity index is 0.00000128. The number of anilines is 2. The number of likely N-dealkylation sites (N-methyl/N-ethyl adjacent to an activating group) is 1. The van der Waals surface area contributed by atoms with Crippen LogP contribution in [0, 0.1) is 0 Å². The molecule has 0 spiro atoms. The molecule has 7 heteroatoms. The van der Waals surface area contributed by atoms with E-state index in [1.807, 2.05) is 11.8 Å². The predicted molar refractivity (Wildman–Crippen MR) is 131 cm³/mol. The third kappa shape index (κ3) is 4.42. The standard InChI is InChI=1S/C23H29N3OS.2ClH/c1-24-17-8-9-18(24)16-25(15-17)12-5-13-26-20-6-3-4-7-22(20)28-23-11-10-19(27-2)14-21(23)26;;/h3-4,6-7,10-11,14,17-18H,5,8-9,12-13,15-16H2,1-2H3;2*1H. The third-order valence-electron chi connectivity index (χ3n) is 6.61. The summed E-state index contributed by atoms with van der Waals surface area (Å²) < 4.78 is 5.51. The first kappa shape index (κ1) is 23.6. The molecule has 0 saturated carbocycles. The van der Waals surface area contributed by atoms with Crippen LogP contribution in [0.25, 0.3) is 0 Å². The van der Waals surface area contributed by atoms with Gasteiger partial charge in [-0.25, -0.2) is 0 Å². The quantitative estimate of drug-likeness (QED) is 0.591. The van der Waals surface area contributed by atoms with Crippen molar-refractivity contribution in [3.63, 3.8) is 0 Å². The van der Waals surface area contributed by atoms with E-state index in [1.54, 1.807) is 7.11 Å². The van der Waals surface area contributed by atoms with Gasteiger partial charge >= 0.3 is 0 Å². The minimum atomic E-state index is 0. The van der Waals surface area contributed by atoms with Crippen molar-refractivity contribution in [2.75, 3.05) is 45.2 Å². The van der Waals surface area contributed by atoms with Gasteiger partial charge in [-0.05, 0) is 57.1 Å². The summed E-state index contributed by atoms with van der Waals surface area (Å²) in [7, 11) is 4.06. The molecule has 30 heavy (non-hydrogen) atoms. The van der Waals surface area contributed by atoms with Crippen LogP contribution >= 0.6 is 36.6 Å². The fourth-order valence-corrected chi connectivity index (χ4v) is 6.09. The van der Waals surface area contributed by atoms with Gasteiger partial charge in [0.25, 0.3) is 0 Å². The molecule has 0 aliphatic carbocycles. The van der Waals surface area contributed by atoms with Crippen molar-refractivity contribution >= 4 is 48.0 Å². The van der Waals surface area contributed by atoms with E-state index in [-0.39, 0.29) is 24.8 Å². The molecule has 2 fully saturated rings. The number of piperazine rings is 1. The highest BCUT2D eigenvalue weighted by molar-refractivity contribution is 7.99. The Kier molecular flexibility index (Phi) is 7.86. The molecule has 4 nitrogen and oxygen atoms in total. The number of ether oxygens (including phenoxy) is 1. The van der Waals surface area contributed by atoms with E-state index >= 15 is 0 Å². The third-order valence-corrected chi connectivity index (χ3v) is 7.74. The van der Waals surface area contributed by atoms with Crippen molar-refractivity contribution in [1.82, 2.24) is 9.80 Å². The zero-order chi connectivity index (χ0) is 19.1. The average molecular weight is 468 g/mol. The van der Waals surface area contributed by atoms with Crippen LogP contribution in [0.4, 0.5) is 11.4 Å². The summed E-state index contributed by atoms with van der Waals surface area (Å²) >= 11 is 1.86. The first-order chi connectivity index (χ1) is 13.7. The Hall–Kier alpha value is -1.11. The molecule has 0 radical (unpaired) electrons. The molecule has 0 amide bonds. The summed E-state index contributed by atoms with van der Waals surface area (Å²) in [6.45, 7) is 4.71. The Morgan fingerprint density at radius 3 is 2.37 bits per heavy atom. The summed E-state index contributed by atoms with van der Waals surface area (Å²) in [5.74, 6) is 0.930. The van der Waals surface area contributed by atoms with Gasteiger partial charge in [-0.2, -0.15) is 0 Å². The smallest absolute Gasteiger partial charge is 0.121 e. The van der Waals surface area contributed by atoms with Crippen molar-refractivity contribution in [1.29, 1.82) is 0 Å². The first-order valence-electron chi connectivity index (χ1n) is 10.4. The van der Waals surface area contributed by atoms with Crippen LogP contribution in [0.5, 0.6) is 5.75 Å². The van der Waals surface area contributed by atoms with E-state index in [0.717, 1.165) is 24.4 Å². The highest BCUT2D eigenvalue weighted by Gasteiger charge is 2.37. The second kappa shape index (κ2) is 10.0. The highest BCUT2D eigenvalue weighted by atomic mass is 35.5. The number of hydrogen-bond donors (Lipinski definition) is 0. The van der Waals surface area contributed by atoms with Crippen molar-refractivity contribution < 1.29 is 4.74 Å². The van der Waals surface area contributed by atoms with Gasteiger partial charge in [0.05, 0.1) is 18.5 Å². The number of likely N-dealkylation sites (tertiary alicyclic amines) is 1. The van der Waals surface area contributed by atoms with Crippen LogP contribution in [0.3, 0.4) is 0 Å².